The maximum Gasteiger partial charge on any atom is 0.269 e. The van der Waals surface area contributed by atoms with Crippen molar-refractivity contribution in [3.63, 3.8) is 0 Å². The molecule has 0 saturated heterocycles. The Labute approximate surface area is 159 Å². The average molecular weight is 370 g/mol. The van der Waals surface area contributed by atoms with Gasteiger partial charge in [0.05, 0.1) is 18.3 Å². The molecule has 0 fully saturated rings. The number of benzene rings is 1. The van der Waals surface area contributed by atoms with Crippen molar-refractivity contribution in [2.75, 3.05) is 0 Å². The molecular formula is C22H15FN4O. The van der Waals surface area contributed by atoms with Gasteiger partial charge in [-0.2, -0.15) is 0 Å². The van der Waals surface area contributed by atoms with E-state index in [2.05, 4.69) is 9.97 Å². The van der Waals surface area contributed by atoms with Crippen molar-refractivity contribution in [1.29, 1.82) is 0 Å². The molecule has 6 heteroatoms. The van der Waals surface area contributed by atoms with E-state index in [-0.39, 0.29) is 17.9 Å². The summed E-state index contributed by atoms with van der Waals surface area (Å²) >= 11 is 0. The standard InChI is InChI=1S/C22H15FN4O/c23-19-11-15(16-7-8-18-3-2-10-26(18)13-16)5-6-17(19)14-27-20-4-1-9-24-22(20)25-12-21(27)28/h1-13H,14H2. The van der Waals surface area contributed by atoms with Crippen LogP contribution in [-0.2, 0) is 6.54 Å². The van der Waals surface area contributed by atoms with E-state index >= 15 is 0 Å². The topological polar surface area (TPSA) is 52.2 Å². The second-order valence-electron chi connectivity index (χ2n) is 6.59. The van der Waals surface area contributed by atoms with Gasteiger partial charge in [-0.3, -0.25) is 9.36 Å². The summed E-state index contributed by atoms with van der Waals surface area (Å²) in [5.41, 5.74) is 3.97. The highest BCUT2D eigenvalue weighted by molar-refractivity contribution is 5.70. The van der Waals surface area contributed by atoms with Crippen molar-refractivity contribution in [1.82, 2.24) is 18.9 Å². The highest BCUT2D eigenvalue weighted by Gasteiger charge is 2.10. The molecule has 5 aromatic rings. The van der Waals surface area contributed by atoms with E-state index in [0.717, 1.165) is 16.6 Å². The Hall–Kier alpha value is -3.80. The van der Waals surface area contributed by atoms with Crippen LogP contribution >= 0.6 is 0 Å². The summed E-state index contributed by atoms with van der Waals surface area (Å²) in [6.07, 6.45) is 6.75. The molecule has 0 unspecified atom stereocenters. The van der Waals surface area contributed by atoms with Crippen LogP contribution in [0.2, 0.25) is 0 Å². The van der Waals surface area contributed by atoms with E-state index in [4.69, 9.17) is 0 Å². The quantitative estimate of drug-likeness (QED) is 0.484. The summed E-state index contributed by atoms with van der Waals surface area (Å²) < 4.78 is 18.3. The first-order valence-corrected chi connectivity index (χ1v) is 8.85. The van der Waals surface area contributed by atoms with Gasteiger partial charge in [-0.1, -0.05) is 18.2 Å². The number of fused-ring (bicyclic) bond motifs is 2. The number of nitrogens with zero attached hydrogens (tertiary/aromatic N) is 4. The number of halogens is 1. The van der Waals surface area contributed by atoms with Gasteiger partial charge in [0.25, 0.3) is 5.56 Å². The molecule has 0 spiro atoms. The second kappa shape index (κ2) is 6.42. The van der Waals surface area contributed by atoms with Gasteiger partial charge in [0.15, 0.2) is 5.65 Å². The second-order valence-corrected chi connectivity index (χ2v) is 6.59. The summed E-state index contributed by atoms with van der Waals surface area (Å²) in [4.78, 5) is 20.5. The lowest BCUT2D eigenvalue weighted by atomic mass is 10.0. The number of aromatic nitrogens is 4. The lowest BCUT2D eigenvalue weighted by Crippen LogP contribution is -2.21. The molecule has 0 N–H and O–H groups in total. The first kappa shape index (κ1) is 16.4. The highest BCUT2D eigenvalue weighted by Crippen LogP contribution is 2.23. The third-order valence-corrected chi connectivity index (χ3v) is 4.86. The van der Waals surface area contributed by atoms with Crippen LogP contribution in [0.4, 0.5) is 4.39 Å². The van der Waals surface area contributed by atoms with Crippen LogP contribution in [0.15, 0.2) is 84.2 Å². The SMILES string of the molecule is O=c1cnc2ncccc2n1Cc1ccc(-c2ccc3cccn3c2)cc1F. The van der Waals surface area contributed by atoms with Gasteiger partial charge in [-0.15, -0.1) is 0 Å². The summed E-state index contributed by atoms with van der Waals surface area (Å²) in [5, 5.41) is 0. The summed E-state index contributed by atoms with van der Waals surface area (Å²) in [6, 6.07) is 16.5. The van der Waals surface area contributed by atoms with E-state index < -0.39 is 0 Å². The predicted octanol–water partition coefficient (Wildman–Crippen LogP) is 3.90. The van der Waals surface area contributed by atoms with Crippen LogP contribution in [0.25, 0.3) is 27.8 Å². The molecule has 0 aliphatic heterocycles. The summed E-state index contributed by atoms with van der Waals surface area (Å²) in [5.74, 6) is -0.356. The minimum atomic E-state index is -0.356. The van der Waals surface area contributed by atoms with Gasteiger partial charge in [0.2, 0.25) is 0 Å². The van der Waals surface area contributed by atoms with Crippen molar-refractivity contribution >= 4 is 16.7 Å². The van der Waals surface area contributed by atoms with Gasteiger partial charge in [0.1, 0.15) is 5.82 Å². The zero-order valence-corrected chi connectivity index (χ0v) is 14.8. The molecule has 0 aliphatic rings. The van der Waals surface area contributed by atoms with Crippen LogP contribution in [0.3, 0.4) is 0 Å². The number of pyridine rings is 2. The largest absolute Gasteiger partial charge is 0.323 e. The zero-order valence-electron chi connectivity index (χ0n) is 14.8. The van der Waals surface area contributed by atoms with Crippen LogP contribution < -0.4 is 5.56 Å². The Balaban J connectivity index is 1.54. The first-order chi connectivity index (χ1) is 13.7. The van der Waals surface area contributed by atoms with Gasteiger partial charge in [-0.25, -0.2) is 14.4 Å². The molecule has 136 valence electrons. The van der Waals surface area contributed by atoms with Crippen molar-refractivity contribution in [2.45, 2.75) is 6.54 Å². The van der Waals surface area contributed by atoms with E-state index in [1.807, 2.05) is 47.1 Å². The van der Waals surface area contributed by atoms with Gasteiger partial charge >= 0.3 is 0 Å². The van der Waals surface area contributed by atoms with Crippen molar-refractivity contribution < 1.29 is 4.39 Å². The van der Waals surface area contributed by atoms with Crippen molar-refractivity contribution in [3.8, 4) is 11.1 Å². The van der Waals surface area contributed by atoms with Crippen LogP contribution in [0, 0.1) is 5.82 Å². The molecular weight excluding hydrogens is 355 g/mol. The summed E-state index contributed by atoms with van der Waals surface area (Å²) in [7, 11) is 0. The fourth-order valence-corrected chi connectivity index (χ4v) is 3.40. The molecule has 0 atom stereocenters. The van der Waals surface area contributed by atoms with Gasteiger partial charge in [0, 0.05) is 29.7 Å². The molecule has 28 heavy (non-hydrogen) atoms. The van der Waals surface area contributed by atoms with E-state index in [1.165, 1.54) is 16.8 Å². The van der Waals surface area contributed by atoms with Crippen LogP contribution in [-0.4, -0.2) is 18.9 Å². The van der Waals surface area contributed by atoms with Crippen LogP contribution in [0.1, 0.15) is 5.56 Å². The number of hydrogen-bond acceptors (Lipinski definition) is 3. The third-order valence-electron chi connectivity index (χ3n) is 4.86. The van der Waals surface area contributed by atoms with E-state index in [9.17, 15) is 9.18 Å². The normalized spacial score (nSPS) is 11.3. The molecule has 0 amide bonds. The fraction of sp³-hybridized carbons (Fsp3) is 0.0455. The molecule has 0 bridgehead atoms. The molecule has 0 aliphatic carbocycles. The van der Waals surface area contributed by atoms with E-state index in [0.29, 0.717) is 16.7 Å². The number of hydrogen-bond donors (Lipinski definition) is 0. The third kappa shape index (κ3) is 2.75. The molecule has 1 aromatic carbocycles. The first-order valence-electron chi connectivity index (χ1n) is 8.85. The Kier molecular flexibility index (Phi) is 3.76. The van der Waals surface area contributed by atoms with Gasteiger partial charge < -0.3 is 4.40 Å². The Morgan fingerprint density at radius 1 is 0.964 bits per heavy atom. The molecule has 5 nitrogen and oxygen atoms in total. The summed E-state index contributed by atoms with van der Waals surface area (Å²) in [6.45, 7) is 0.117. The molecule has 0 saturated carbocycles. The molecule has 5 rings (SSSR count). The maximum atomic E-state index is 14.9. The minimum absolute atomic E-state index is 0.117. The Morgan fingerprint density at radius 2 is 1.86 bits per heavy atom. The molecule has 0 radical (unpaired) electrons. The number of rotatable bonds is 3. The fourth-order valence-electron chi connectivity index (χ4n) is 3.40. The van der Waals surface area contributed by atoms with Crippen molar-refractivity contribution in [2.24, 2.45) is 0 Å². The molecule has 4 aromatic heterocycles. The molecule has 4 heterocycles. The minimum Gasteiger partial charge on any atom is -0.323 e. The maximum absolute atomic E-state index is 14.9. The van der Waals surface area contributed by atoms with Crippen molar-refractivity contribution in [3.05, 3.63) is 101 Å². The monoisotopic (exact) mass is 370 g/mol. The van der Waals surface area contributed by atoms with Crippen LogP contribution in [0.5, 0.6) is 0 Å². The predicted molar refractivity (Wildman–Crippen MR) is 106 cm³/mol. The lowest BCUT2D eigenvalue weighted by molar-refractivity contribution is 0.599. The van der Waals surface area contributed by atoms with Gasteiger partial charge in [-0.05, 0) is 47.5 Å². The van der Waals surface area contributed by atoms with E-state index in [1.54, 1.807) is 24.4 Å². The Bertz CT molecular complexity index is 1390. The Morgan fingerprint density at radius 3 is 2.75 bits per heavy atom. The lowest BCUT2D eigenvalue weighted by Gasteiger charge is -2.11. The zero-order chi connectivity index (χ0) is 19.1. The smallest absolute Gasteiger partial charge is 0.269 e. The highest BCUT2D eigenvalue weighted by atomic mass is 19.1. The average Bonchev–Trinajstić information content (AvgIpc) is 3.19.